The summed E-state index contributed by atoms with van der Waals surface area (Å²) in [6.07, 6.45) is 3.82. The number of benzene rings is 2. The van der Waals surface area contributed by atoms with Gasteiger partial charge in [0, 0.05) is 12.8 Å². The van der Waals surface area contributed by atoms with Gasteiger partial charge in [0.2, 0.25) is 0 Å². The fourth-order valence-electron chi connectivity index (χ4n) is 3.26. The van der Waals surface area contributed by atoms with Gasteiger partial charge in [0.1, 0.15) is 0 Å². The van der Waals surface area contributed by atoms with E-state index in [2.05, 4.69) is 34.3 Å². The summed E-state index contributed by atoms with van der Waals surface area (Å²) < 4.78 is 10.4. The lowest BCUT2D eigenvalue weighted by molar-refractivity contribution is 0.140. The first-order valence-electron chi connectivity index (χ1n) is 12.5. The van der Waals surface area contributed by atoms with Crippen molar-refractivity contribution in [2.75, 3.05) is 13.2 Å². The molecule has 2 aromatic rings. The van der Waals surface area contributed by atoms with E-state index in [0.717, 1.165) is 36.8 Å². The van der Waals surface area contributed by atoms with Crippen LogP contribution in [0.25, 0.3) is 0 Å². The molecule has 190 valence electrons. The Bertz CT molecular complexity index is 947. The Hall–Kier alpha value is -3.90. The van der Waals surface area contributed by atoms with Crippen LogP contribution in [0.3, 0.4) is 0 Å². The number of amides is 2. The maximum absolute atomic E-state index is 11.9. The van der Waals surface area contributed by atoms with Crippen LogP contribution >= 0.6 is 0 Å². The molecule has 6 nitrogen and oxygen atoms in total. The molecule has 2 amide bonds. The van der Waals surface area contributed by atoms with Crippen LogP contribution in [0.2, 0.25) is 0 Å². The van der Waals surface area contributed by atoms with E-state index in [-0.39, 0.29) is 12.1 Å². The average molecular weight is 489 g/mol. The molecule has 2 atom stereocenters. The molecule has 36 heavy (non-hydrogen) atoms. The summed E-state index contributed by atoms with van der Waals surface area (Å²) in [4.78, 5) is 23.7. The average Bonchev–Trinajstić information content (AvgIpc) is 2.89. The van der Waals surface area contributed by atoms with Crippen molar-refractivity contribution in [3.63, 3.8) is 0 Å². The number of alkyl carbamates (subject to hydrolysis) is 2. The van der Waals surface area contributed by atoms with Crippen LogP contribution in [0.15, 0.2) is 60.7 Å². The minimum atomic E-state index is -0.406. The standard InChI is InChI=1S/C30H36N2O4/c1-25(27-19-13-11-14-20-27)31-29(33)35-23-17-9-7-5-3-4-6-8-10-18-24-36-30(34)32-26(2)28-21-15-12-16-22-28/h11-16,19-22,25-26H,7-10,17-18,23-24H2,1-2H3,(H,31,33)(H,32,34)/t25-,26-/m1/s1. The Balaban J connectivity index is 1.43. The number of hydrogen-bond donors (Lipinski definition) is 2. The fraction of sp³-hybridized carbons (Fsp3) is 0.400. The summed E-state index contributed by atoms with van der Waals surface area (Å²) in [7, 11) is 0. The third kappa shape index (κ3) is 12.5. The molecule has 0 aliphatic rings. The minimum Gasteiger partial charge on any atom is -0.450 e. The third-order valence-electron chi connectivity index (χ3n) is 5.37. The number of carbonyl (C=O) groups is 2. The SMILES string of the molecule is C[C@@H](NC(=O)OCCCCC#CC#CCCCCOC(=O)N[C@H](C)c1ccccc1)c1ccccc1. The van der Waals surface area contributed by atoms with E-state index in [1.807, 2.05) is 74.5 Å². The van der Waals surface area contributed by atoms with Crippen molar-refractivity contribution in [3.05, 3.63) is 71.8 Å². The van der Waals surface area contributed by atoms with Crippen LogP contribution in [0, 0.1) is 23.7 Å². The van der Waals surface area contributed by atoms with Gasteiger partial charge in [-0.05, 0) is 62.5 Å². The Labute approximate surface area is 215 Å². The summed E-state index contributed by atoms with van der Waals surface area (Å²) in [6.45, 7) is 4.58. The molecule has 0 heterocycles. The zero-order valence-corrected chi connectivity index (χ0v) is 21.2. The van der Waals surface area contributed by atoms with Crippen LogP contribution in [-0.4, -0.2) is 25.4 Å². The zero-order valence-electron chi connectivity index (χ0n) is 21.2. The summed E-state index contributed by atoms with van der Waals surface area (Å²) in [5.41, 5.74) is 2.08. The van der Waals surface area contributed by atoms with Gasteiger partial charge in [-0.15, -0.1) is 0 Å². The lowest BCUT2D eigenvalue weighted by atomic mass is 10.1. The molecular weight excluding hydrogens is 452 g/mol. The second-order valence-electron chi connectivity index (χ2n) is 8.34. The Morgan fingerprint density at radius 1 is 0.667 bits per heavy atom. The van der Waals surface area contributed by atoms with Crippen LogP contribution in [0.1, 0.15) is 75.6 Å². The summed E-state index contributed by atoms with van der Waals surface area (Å²) in [6, 6.07) is 19.3. The van der Waals surface area contributed by atoms with E-state index in [4.69, 9.17) is 9.47 Å². The molecular formula is C30H36N2O4. The molecule has 2 rings (SSSR count). The van der Waals surface area contributed by atoms with Crippen molar-refractivity contribution in [1.29, 1.82) is 0 Å². The second-order valence-corrected chi connectivity index (χ2v) is 8.34. The van der Waals surface area contributed by atoms with Crippen molar-refractivity contribution >= 4 is 12.2 Å². The first kappa shape index (κ1) is 28.3. The number of nitrogens with one attached hydrogen (secondary N) is 2. The van der Waals surface area contributed by atoms with Crippen LogP contribution in [0.4, 0.5) is 9.59 Å². The molecule has 2 N–H and O–H groups in total. The maximum Gasteiger partial charge on any atom is 0.407 e. The lowest BCUT2D eigenvalue weighted by Crippen LogP contribution is -2.27. The van der Waals surface area contributed by atoms with Crippen molar-refractivity contribution in [3.8, 4) is 23.7 Å². The van der Waals surface area contributed by atoms with Gasteiger partial charge in [-0.1, -0.05) is 72.5 Å². The lowest BCUT2D eigenvalue weighted by Gasteiger charge is -2.14. The Kier molecular flexibility index (Phi) is 13.8. The summed E-state index contributed by atoms with van der Waals surface area (Å²) >= 11 is 0. The normalized spacial score (nSPS) is 11.5. The molecule has 0 unspecified atom stereocenters. The molecule has 0 saturated heterocycles. The highest BCUT2D eigenvalue weighted by atomic mass is 16.6. The van der Waals surface area contributed by atoms with E-state index >= 15 is 0 Å². The number of rotatable bonds is 12. The van der Waals surface area contributed by atoms with Crippen molar-refractivity contribution in [2.24, 2.45) is 0 Å². The summed E-state index contributed by atoms with van der Waals surface area (Å²) in [5.74, 6) is 11.7. The van der Waals surface area contributed by atoms with Gasteiger partial charge in [0.05, 0.1) is 25.3 Å². The van der Waals surface area contributed by atoms with Crippen LogP contribution in [0.5, 0.6) is 0 Å². The Morgan fingerprint density at radius 2 is 1.06 bits per heavy atom. The maximum atomic E-state index is 11.9. The molecule has 0 fully saturated rings. The fourth-order valence-corrected chi connectivity index (χ4v) is 3.26. The molecule has 0 spiro atoms. The highest BCUT2D eigenvalue weighted by Gasteiger charge is 2.10. The second kappa shape index (κ2) is 17.5. The van der Waals surface area contributed by atoms with Gasteiger partial charge >= 0.3 is 12.2 Å². The first-order chi connectivity index (χ1) is 17.6. The van der Waals surface area contributed by atoms with Crippen LogP contribution < -0.4 is 10.6 Å². The third-order valence-corrected chi connectivity index (χ3v) is 5.37. The van der Waals surface area contributed by atoms with Gasteiger partial charge in [-0.2, -0.15) is 0 Å². The predicted octanol–water partition coefficient (Wildman–Crippen LogP) is 6.31. The number of unbranched alkanes of at least 4 members (excludes halogenated alkanes) is 4. The largest absolute Gasteiger partial charge is 0.450 e. The zero-order chi connectivity index (χ0) is 25.8. The van der Waals surface area contributed by atoms with Crippen molar-refractivity contribution in [1.82, 2.24) is 10.6 Å². The first-order valence-corrected chi connectivity index (χ1v) is 12.5. The topological polar surface area (TPSA) is 76.7 Å². The molecule has 0 bridgehead atoms. The van der Waals surface area contributed by atoms with Gasteiger partial charge in [-0.3, -0.25) is 0 Å². The minimum absolute atomic E-state index is 0.0936. The molecule has 0 saturated carbocycles. The molecule has 0 aromatic heterocycles. The van der Waals surface area contributed by atoms with Gasteiger partial charge in [-0.25, -0.2) is 9.59 Å². The van der Waals surface area contributed by atoms with E-state index < -0.39 is 12.2 Å². The number of carbonyl (C=O) groups excluding carboxylic acids is 2. The molecule has 2 aromatic carbocycles. The smallest absolute Gasteiger partial charge is 0.407 e. The monoisotopic (exact) mass is 488 g/mol. The van der Waals surface area contributed by atoms with E-state index in [0.29, 0.717) is 26.1 Å². The van der Waals surface area contributed by atoms with Gasteiger partial charge < -0.3 is 20.1 Å². The predicted molar refractivity (Wildman–Crippen MR) is 142 cm³/mol. The highest BCUT2D eigenvalue weighted by Crippen LogP contribution is 2.12. The summed E-state index contributed by atoms with van der Waals surface area (Å²) in [5, 5.41) is 5.65. The quantitative estimate of drug-likeness (QED) is 0.271. The van der Waals surface area contributed by atoms with E-state index in [1.165, 1.54) is 0 Å². The molecule has 0 radical (unpaired) electrons. The van der Waals surface area contributed by atoms with Gasteiger partial charge in [0.15, 0.2) is 0 Å². The highest BCUT2D eigenvalue weighted by molar-refractivity contribution is 5.68. The molecule has 0 aliphatic heterocycles. The van der Waals surface area contributed by atoms with Gasteiger partial charge in [0.25, 0.3) is 0 Å². The van der Waals surface area contributed by atoms with Crippen LogP contribution in [-0.2, 0) is 9.47 Å². The van der Waals surface area contributed by atoms with Crippen molar-refractivity contribution in [2.45, 2.75) is 64.5 Å². The molecule has 6 heteroatoms. The number of hydrogen-bond acceptors (Lipinski definition) is 4. The van der Waals surface area contributed by atoms with Crippen molar-refractivity contribution < 1.29 is 19.1 Å². The Morgan fingerprint density at radius 3 is 1.44 bits per heavy atom. The molecule has 0 aliphatic carbocycles. The van der Waals surface area contributed by atoms with E-state index in [9.17, 15) is 9.59 Å². The van der Waals surface area contributed by atoms with E-state index in [1.54, 1.807) is 0 Å². The number of ether oxygens (including phenoxy) is 2.